The van der Waals surface area contributed by atoms with Crippen LogP contribution in [-0.2, 0) is 0 Å². The van der Waals surface area contributed by atoms with Crippen molar-refractivity contribution < 1.29 is 0 Å². The van der Waals surface area contributed by atoms with Crippen molar-refractivity contribution in [2.45, 2.75) is 35.5 Å². The van der Waals surface area contributed by atoms with Gasteiger partial charge in [0.25, 0.3) is 0 Å². The van der Waals surface area contributed by atoms with E-state index in [9.17, 15) is 0 Å². The van der Waals surface area contributed by atoms with Crippen molar-refractivity contribution in [3.63, 3.8) is 0 Å². The predicted molar refractivity (Wildman–Crippen MR) is 124 cm³/mol. The van der Waals surface area contributed by atoms with Crippen molar-refractivity contribution >= 4 is 56.6 Å². The fraction of sp³-hybridized carbons (Fsp3) is 0.300. The fourth-order valence-corrected chi connectivity index (χ4v) is 4.39. The molecule has 0 aliphatic heterocycles. The molecule has 2 rings (SSSR count). The lowest BCUT2D eigenvalue weighted by atomic mass is 10.2. The maximum absolute atomic E-state index is 5.36. The summed E-state index contributed by atoms with van der Waals surface area (Å²) in [6.45, 7) is 1.88. The zero-order chi connectivity index (χ0) is 18.5. The number of hydrogen-bond donors (Lipinski definition) is 2. The molecule has 0 aliphatic carbocycles. The average molecular weight is 421 g/mol. The van der Waals surface area contributed by atoms with Gasteiger partial charge in [0, 0.05) is 22.9 Å². The second-order valence-electron chi connectivity index (χ2n) is 5.67. The smallest absolute Gasteiger partial charge is 0.138 e. The Morgan fingerprint density at radius 3 is 1.38 bits per heavy atom. The van der Waals surface area contributed by atoms with Gasteiger partial charge in [0.2, 0.25) is 0 Å². The molecule has 2 nitrogen and oxygen atoms in total. The first-order chi connectivity index (χ1) is 12.7. The number of nitrogens with one attached hydrogen (secondary N) is 2. The van der Waals surface area contributed by atoms with Crippen molar-refractivity contribution in [3.8, 4) is 0 Å². The second-order valence-corrected chi connectivity index (χ2v) is 9.17. The van der Waals surface area contributed by atoms with Crippen molar-refractivity contribution in [2.24, 2.45) is 0 Å². The van der Waals surface area contributed by atoms with Crippen LogP contribution in [0.4, 0.5) is 0 Å². The monoisotopic (exact) mass is 420 g/mol. The highest BCUT2D eigenvalue weighted by atomic mass is 32.2. The number of hydrogen-bond acceptors (Lipinski definition) is 4. The normalized spacial score (nSPS) is 10.3. The molecule has 0 unspecified atom stereocenters. The molecule has 0 bridgehead atoms. The van der Waals surface area contributed by atoms with Gasteiger partial charge in [-0.1, -0.05) is 97.2 Å². The first kappa shape index (κ1) is 21.2. The minimum absolute atomic E-state index is 0.848. The number of benzene rings is 2. The maximum Gasteiger partial charge on any atom is 0.138 e. The summed E-state index contributed by atoms with van der Waals surface area (Å²) in [5.74, 6) is 0. The molecule has 0 amide bonds. The van der Waals surface area contributed by atoms with Crippen molar-refractivity contribution in [1.82, 2.24) is 10.6 Å². The molecule has 0 saturated heterocycles. The van der Waals surface area contributed by atoms with E-state index in [1.165, 1.54) is 22.6 Å². The van der Waals surface area contributed by atoms with Gasteiger partial charge in [0.15, 0.2) is 0 Å². The second kappa shape index (κ2) is 13.1. The van der Waals surface area contributed by atoms with Crippen LogP contribution in [0.25, 0.3) is 0 Å². The molecule has 0 aliphatic rings. The molecule has 2 aromatic rings. The molecule has 2 aromatic carbocycles. The molecule has 0 heterocycles. The molecule has 0 aromatic heterocycles. The third kappa shape index (κ3) is 9.57. The van der Waals surface area contributed by atoms with E-state index in [4.69, 9.17) is 24.4 Å². The molecule has 0 radical (unpaired) electrons. The zero-order valence-electron chi connectivity index (χ0n) is 14.6. The molecular formula is C20H24N2S4. The van der Waals surface area contributed by atoms with E-state index in [0.29, 0.717) is 0 Å². The van der Waals surface area contributed by atoms with E-state index in [-0.39, 0.29) is 0 Å². The van der Waals surface area contributed by atoms with E-state index in [2.05, 4.69) is 34.9 Å². The Balaban J connectivity index is 1.43. The van der Waals surface area contributed by atoms with Crippen LogP contribution in [0, 0.1) is 0 Å². The van der Waals surface area contributed by atoms with Crippen LogP contribution in [0.15, 0.2) is 70.5 Å². The van der Waals surface area contributed by atoms with Gasteiger partial charge in [-0.3, -0.25) is 0 Å². The Hall–Kier alpha value is -1.08. The van der Waals surface area contributed by atoms with Gasteiger partial charge in [-0.25, -0.2) is 0 Å². The Labute approximate surface area is 175 Å². The lowest BCUT2D eigenvalue weighted by molar-refractivity contribution is 0.628. The summed E-state index contributed by atoms with van der Waals surface area (Å²) in [5, 5.41) is 6.64. The van der Waals surface area contributed by atoms with Gasteiger partial charge in [-0.2, -0.15) is 0 Å². The number of rotatable bonds is 9. The highest BCUT2D eigenvalue weighted by Crippen LogP contribution is 2.18. The molecule has 26 heavy (non-hydrogen) atoms. The van der Waals surface area contributed by atoms with E-state index in [1.807, 2.05) is 36.4 Å². The van der Waals surface area contributed by atoms with Crippen LogP contribution in [0.2, 0.25) is 0 Å². The first-order valence-corrected chi connectivity index (χ1v) is 11.2. The van der Waals surface area contributed by atoms with Gasteiger partial charge in [-0.15, -0.1) is 0 Å². The molecule has 2 N–H and O–H groups in total. The highest BCUT2D eigenvalue weighted by molar-refractivity contribution is 8.23. The Bertz CT molecular complexity index is 603. The summed E-state index contributed by atoms with van der Waals surface area (Å²) in [6, 6.07) is 20.5. The van der Waals surface area contributed by atoms with Crippen LogP contribution in [-0.4, -0.2) is 21.7 Å². The summed E-state index contributed by atoms with van der Waals surface area (Å²) in [6.07, 6.45) is 4.68. The summed E-state index contributed by atoms with van der Waals surface area (Å²) in [5.41, 5.74) is 0. The van der Waals surface area contributed by atoms with Crippen molar-refractivity contribution in [1.29, 1.82) is 0 Å². The number of thioether (sulfide) groups is 2. The van der Waals surface area contributed by atoms with Crippen LogP contribution in [0.3, 0.4) is 0 Å². The average Bonchev–Trinajstić information content (AvgIpc) is 2.65. The summed E-state index contributed by atoms with van der Waals surface area (Å²) >= 11 is 14.0. The van der Waals surface area contributed by atoms with Gasteiger partial charge >= 0.3 is 0 Å². The predicted octanol–water partition coefficient (Wildman–Crippen LogP) is 5.88. The topological polar surface area (TPSA) is 24.1 Å². The Morgan fingerprint density at radius 1 is 0.615 bits per heavy atom. The number of thiocarbonyl (C=S) groups is 2. The van der Waals surface area contributed by atoms with Crippen LogP contribution in [0.1, 0.15) is 25.7 Å². The Morgan fingerprint density at radius 2 is 1.00 bits per heavy atom. The lowest BCUT2D eigenvalue weighted by Gasteiger charge is -2.08. The van der Waals surface area contributed by atoms with Crippen LogP contribution >= 0.6 is 48.0 Å². The van der Waals surface area contributed by atoms with Crippen LogP contribution < -0.4 is 10.6 Å². The SMILES string of the molecule is S=C(NCCCCCCNC(=S)Sc1ccccc1)Sc1ccccc1. The molecule has 138 valence electrons. The number of unbranched alkanes of at least 4 members (excludes halogenated alkanes) is 3. The molecule has 0 spiro atoms. The maximum atomic E-state index is 5.36. The highest BCUT2D eigenvalue weighted by Gasteiger charge is 2.00. The minimum Gasteiger partial charge on any atom is -0.371 e. The van der Waals surface area contributed by atoms with Gasteiger partial charge in [-0.05, 0) is 37.1 Å². The standard InChI is InChI=1S/C20H24N2S4/c23-19(25-17-11-5-3-6-12-17)21-15-9-1-2-10-16-22-20(24)26-18-13-7-4-8-14-18/h3-8,11-14H,1-2,9-10,15-16H2,(H,21,23)(H,22,24). The molecule has 6 heteroatoms. The van der Waals surface area contributed by atoms with Crippen molar-refractivity contribution in [3.05, 3.63) is 60.7 Å². The van der Waals surface area contributed by atoms with E-state index >= 15 is 0 Å². The summed E-state index contributed by atoms with van der Waals surface area (Å²) < 4.78 is 1.70. The molecular weight excluding hydrogens is 397 g/mol. The van der Waals surface area contributed by atoms with Gasteiger partial charge in [0.1, 0.15) is 8.64 Å². The van der Waals surface area contributed by atoms with E-state index in [0.717, 1.165) is 34.6 Å². The minimum atomic E-state index is 0.848. The molecule has 0 saturated carbocycles. The lowest BCUT2D eigenvalue weighted by Crippen LogP contribution is -2.20. The van der Waals surface area contributed by atoms with E-state index < -0.39 is 0 Å². The Kier molecular flexibility index (Phi) is 10.7. The molecule has 0 atom stereocenters. The third-order valence-corrected chi connectivity index (χ3v) is 6.01. The van der Waals surface area contributed by atoms with Crippen LogP contribution in [0.5, 0.6) is 0 Å². The first-order valence-electron chi connectivity index (χ1n) is 8.75. The third-order valence-electron chi connectivity index (χ3n) is 3.55. The van der Waals surface area contributed by atoms with E-state index in [1.54, 1.807) is 23.5 Å². The van der Waals surface area contributed by atoms with Gasteiger partial charge in [0.05, 0.1) is 0 Å². The quantitative estimate of drug-likeness (QED) is 0.298. The fourth-order valence-electron chi connectivity index (χ4n) is 2.25. The summed E-state index contributed by atoms with van der Waals surface area (Å²) in [7, 11) is 0. The largest absolute Gasteiger partial charge is 0.371 e. The zero-order valence-corrected chi connectivity index (χ0v) is 17.9. The molecule has 0 fully saturated rings. The summed E-state index contributed by atoms with van der Waals surface area (Å²) in [4.78, 5) is 2.36. The van der Waals surface area contributed by atoms with Gasteiger partial charge < -0.3 is 10.6 Å². The van der Waals surface area contributed by atoms with Crippen molar-refractivity contribution in [2.75, 3.05) is 13.1 Å².